The van der Waals surface area contributed by atoms with Gasteiger partial charge in [0.25, 0.3) is 0 Å². The van der Waals surface area contributed by atoms with E-state index in [1.165, 1.54) is 0 Å². The molecule has 3 rings (SSSR count). The molecule has 0 saturated heterocycles. The van der Waals surface area contributed by atoms with E-state index in [-0.39, 0.29) is 17.4 Å². The minimum absolute atomic E-state index is 0.0275. The van der Waals surface area contributed by atoms with Crippen LogP contribution in [-0.2, 0) is 0 Å². The number of aromatic hydroxyl groups is 2. The summed E-state index contributed by atoms with van der Waals surface area (Å²) >= 11 is 0. The third kappa shape index (κ3) is 2.92. The van der Waals surface area contributed by atoms with Crippen LogP contribution in [0.4, 0.5) is 17.1 Å². The van der Waals surface area contributed by atoms with E-state index in [4.69, 9.17) is 17.2 Å². The van der Waals surface area contributed by atoms with Crippen molar-refractivity contribution in [2.45, 2.75) is 5.92 Å². The molecule has 0 radical (unpaired) electrons. The van der Waals surface area contributed by atoms with Crippen molar-refractivity contribution in [2.75, 3.05) is 17.2 Å². The van der Waals surface area contributed by atoms with Crippen LogP contribution in [0, 0.1) is 0 Å². The Morgan fingerprint density at radius 3 is 1.71 bits per heavy atom. The first-order chi connectivity index (χ1) is 11.5. The lowest BCUT2D eigenvalue weighted by Gasteiger charge is -2.20. The van der Waals surface area contributed by atoms with Gasteiger partial charge in [0.1, 0.15) is 11.5 Å². The number of anilines is 3. The van der Waals surface area contributed by atoms with Gasteiger partial charge >= 0.3 is 0 Å². The summed E-state index contributed by atoms with van der Waals surface area (Å²) in [5.41, 5.74) is 21.5. The van der Waals surface area contributed by atoms with Crippen LogP contribution in [0.25, 0.3) is 0 Å². The summed E-state index contributed by atoms with van der Waals surface area (Å²) in [6.07, 6.45) is 0. The van der Waals surface area contributed by atoms with Gasteiger partial charge in [0.2, 0.25) is 0 Å². The van der Waals surface area contributed by atoms with Crippen molar-refractivity contribution in [1.82, 2.24) is 0 Å². The lowest BCUT2D eigenvalue weighted by atomic mass is 9.84. The van der Waals surface area contributed by atoms with Crippen LogP contribution in [0.5, 0.6) is 11.5 Å². The molecule has 0 saturated carbocycles. The van der Waals surface area contributed by atoms with Crippen molar-refractivity contribution in [3.05, 3.63) is 77.4 Å². The zero-order chi connectivity index (χ0) is 17.3. The highest BCUT2D eigenvalue weighted by Crippen LogP contribution is 2.37. The summed E-state index contributed by atoms with van der Waals surface area (Å²) in [5.74, 6) is 0.0363. The maximum Gasteiger partial charge on any atom is 0.138 e. The number of hydrogen-bond donors (Lipinski definition) is 5. The molecule has 0 fully saturated rings. The monoisotopic (exact) mass is 321 g/mol. The van der Waals surface area contributed by atoms with E-state index < -0.39 is 0 Å². The first-order valence-corrected chi connectivity index (χ1v) is 7.48. The van der Waals surface area contributed by atoms with Gasteiger partial charge in [0.05, 0.1) is 17.1 Å². The molecule has 0 aromatic heterocycles. The van der Waals surface area contributed by atoms with Gasteiger partial charge in [-0.1, -0.05) is 24.3 Å². The van der Waals surface area contributed by atoms with Crippen molar-refractivity contribution in [2.24, 2.45) is 0 Å². The quantitative estimate of drug-likeness (QED) is 0.289. The normalized spacial score (nSPS) is 12.0. The van der Waals surface area contributed by atoms with E-state index >= 15 is 0 Å². The SMILES string of the molecule is Nc1ccc(C(c2ccc(O)cc2)c2ccc(N)c(O)c2)cc1N. The molecule has 5 heteroatoms. The molecule has 8 N–H and O–H groups in total. The van der Waals surface area contributed by atoms with E-state index in [2.05, 4.69) is 0 Å². The van der Waals surface area contributed by atoms with Crippen LogP contribution in [0.2, 0.25) is 0 Å². The van der Waals surface area contributed by atoms with Crippen LogP contribution in [0.15, 0.2) is 60.7 Å². The van der Waals surface area contributed by atoms with Crippen LogP contribution in [0.1, 0.15) is 22.6 Å². The largest absolute Gasteiger partial charge is 0.508 e. The molecule has 3 aromatic carbocycles. The van der Waals surface area contributed by atoms with Gasteiger partial charge in [-0.25, -0.2) is 0 Å². The highest BCUT2D eigenvalue weighted by molar-refractivity contribution is 5.66. The number of nitrogens with two attached hydrogens (primary N) is 3. The highest BCUT2D eigenvalue weighted by Gasteiger charge is 2.18. The second-order valence-electron chi connectivity index (χ2n) is 5.73. The highest BCUT2D eigenvalue weighted by atomic mass is 16.3. The maximum absolute atomic E-state index is 9.98. The Bertz CT molecular complexity index is 825. The molecule has 122 valence electrons. The van der Waals surface area contributed by atoms with Crippen molar-refractivity contribution in [3.63, 3.8) is 0 Å². The molecule has 24 heavy (non-hydrogen) atoms. The van der Waals surface area contributed by atoms with E-state index in [9.17, 15) is 10.2 Å². The van der Waals surface area contributed by atoms with E-state index in [0.29, 0.717) is 17.1 Å². The minimum Gasteiger partial charge on any atom is -0.508 e. The summed E-state index contributed by atoms with van der Waals surface area (Å²) in [6, 6.07) is 17.6. The Kier molecular flexibility index (Phi) is 3.92. The number of phenolic OH excluding ortho intramolecular Hbond substituents is 2. The van der Waals surface area contributed by atoms with Gasteiger partial charge in [-0.05, 0) is 53.1 Å². The van der Waals surface area contributed by atoms with Gasteiger partial charge in [-0.15, -0.1) is 0 Å². The standard InChI is InChI=1S/C19H19N3O2/c20-15-7-3-12(9-17(15)22)19(11-1-5-14(23)6-2-11)13-4-8-16(21)18(24)10-13/h1-10,19,23-24H,20-22H2. The third-order valence-corrected chi connectivity index (χ3v) is 4.06. The summed E-state index contributed by atoms with van der Waals surface area (Å²) in [7, 11) is 0. The molecule has 0 aliphatic heterocycles. The van der Waals surface area contributed by atoms with Crippen molar-refractivity contribution < 1.29 is 10.2 Å². The average molecular weight is 321 g/mol. The van der Waals surface area contributed by atoms with Gasteiger partial charge in [-0.3, -0.25) is 0 Å². The molecule has 0 heterocycles. The fourth-order valence-electron chi connectivity index (χ4n) is 2.76. The van der Waals surface area contributed by atoms with Crippen molar-refractivity contribution in [1.29, 1.82) is 0 Å². The number of rotatable bonds is 3. The second kappa shape index (κ2) is 6.04. The number of nitrogen functional groups attached to an aromatic ring is 3. The van der Waals surface area contributed by atoms with Gasteiger partial charge < -0.3 is 27.4 Å². The Morgan fingerprint density at radius 1 is 0.583 bits per heavy atom. The lowest BCUT2D eigenvalue weighted by molar-refractivity contribution is 0.474. The first-order valence-electron chi connectivity index (χ1n) is 7.48. The molecule has 1 unspecified atom stereocenters. The van der Waals surface area contributed by atoms with Crippen LogP contribution < -0.4 is 17.2 Å². The van der Waals surface area contributed by atoms with Gasteiger partial charge in [-0.2, -0.15) is 0 Å². The summed E-state index contributed by atoms with van der Waals surface area (Å²) in [5, 5.41) is 19.5. The molecule has 5 nitrogen and oxygen atoms in total. The van der Waals surface area contributed by atoms with E-state index in [1.54, 1.807) is 30.3 Å². The number of hydrogen-bond acceptors (Lipinski definition) is 5. The first kappa shape index (κ1) is 15.6. The molecule has 0 aliphatic rings. The predicted molar refractivity (Wildman–Crippen MR) is 96.8 cm³/mol. The number of benzene rings is 3. The Morgan fingerprint density at radius 2 is 1.12 bits per heavy atom. The molecular formula is C19H19N3O2. The Labute approximate surface area is 140 Å². The zero-order valence-corrected chi connectivity index (χ0v) is 13.0. The van der Waals surface area contributed by atoms with Crippen LogP contribution >= 0.6 is 0 Å². The summed E-state index contributed by atoms with van der Waals surface area (Å²) in [4.78, 5) is 0. The lowest BCUT2D eigenvalue weighted by Crippen LogP contribution is -2.05. The molecule has 3 aromatic rings. The topological polar surface area (TPSA) is 119 Å². The fraction of sp³-hybridized carbons (Fsp3) is 0.0526. The molecule has 0 spiro atoms. The predicted octanol–water partition coefficient (Wildman–Crippen LogP) is 3.02. The zero-order valence-electron chi connectivity index (χ0n) is 13.0. The van der Waals surface area contributed by atoms with Gasteiger partial charge in [0, 0.05) is 5.92 Å². The molecule has 0 aliphatic carbocycles. The molecule has 0 bridgehead atoms. The molecule has 1 atom stereocenters. The molecular weight excluding hydrogens is 302 g/mol. The Balaban J connectivity index is 2.17. The summed E-state index contributed by atoms with van der Waals surface area (Å²) in [6.45, 7) is 0. The Hall–Kier alpha value is -3.34. The maximum atomic E-state index is 9.98. The van der Waals surface area contributed by atoms with Gasteiger partial charge in [0.15, 0.2) is 0 Å². The average Bonchev–Trinajstić information content (AvgIpc) is 2.56. The smallest absolute Gasteiger partial charge is 0.138 e. The second-order valence-corrected chi connectivity index (χ2v) is 5.73. The minimum atomic E-state index is -0.181. The van der Waals surface area contributed by atoms with Crippen LogP contribution in [0.3, 0.4) is 0 Å². The van der Waals surface area contributed by atoms with E-state index in [0.717, 1.165) is 16.7 Å². The van der Waals surface area contributed by atoms with Crippen molar-refractivity contribution in [3.8, 4) is 11.5 Å². The fourth-order valence-corrected chi connectivity index (χ4v) is 2.76. The summed E-state index contributed by atoms with van der Waals surface area (Å²) < 4.78 is 0. The van der Waals surface area contributed by atoms with Crippen LogP contribution in [-0.4, -0.2) is 10.2 Å². The third-order valence-electron chi connectivity index (χ3n) is 4.06. The van der Waals surface area contributed by atoms with Crippen molar-refractivity contribution >= 4 is 17.1 Å². The number of phenols is 2. The van der Waals surface area contributed by atoms with E-state index in [1.807, 2.05) is 30.3 Å². The molecule has 0 amide bonds.